The van der Waals surface area contributed by atoms with E-state index in [9.17, 15) is 8.78 Å². The van der Waals surface area contributed by atoms with Crippen LogP contribution in [0.15, 0.2) is 12.3 Å². The van der Waals surface area contributed by atoms with Crippen molar-refractivity contribution in [2.75, 3.05) is 5.73 Å². The van der Waals surface area contributed by atoms with Crippen LogP contribution < -0.4 is 5.73 Å². The van der Waals surface area contributed by atoms with Crippen LogP contribution in [0.25, 0.3) is 0 Å². The van der Waals surface area contributed by atoms with Crippen molar-refractivity contribution in [3.8, 4) is 0 Å². The minimum Gasteiger partial charge on any atom is -0.397 e. The van der Waals surface area contributed by atoms with Crippen molar-refractivity contribution in [2.24, 2.45) is 0 Å². The molecule has 0 aromatic carbocycles. The number of halogens is 2. The van der Waals surface area contributed by atoms with Gasteiger partial charge in [-0.1, -0.05) is 0 Å². The molecule has 1 aromatic rings. The summed E-state index contributed by atoms with van der Waals surface area (Å²) in [6.07, 6.45) is 1.05. The largest absolute Gasteiger partial charge is 0.397 e. The van der Waals surface area contributed by atoms with Gasteiger partial charge >= 0.3 is 0 Å². The van der Waals surface area contributed by atoms with Crippen molar-refractivity contribution in [1.82, 2.24) is 4.98 Å². The smallest absolute Gasteiger partial charge is 0.249 e. The number of hydrogen-bond acceptors (Lipinski definition) is 2. The van der Waals surface area contributed by atoms with Crippen LogP contribution in [0, 0.1) is 11.8 Å². The first-order valence-electron chi connectivity index (χ1n) is 2.26. The Morgan fingerprint density at radius 1 is 1.44 bits per heavy atom. The molecule has 0 aliphatic heterocycles. The molecule has 2 nitrogen and oxygen atoms in total. The summed E-state index contributed by atoms with van der Waals surface area (Å²) in [5, 5.41) is 0. The molecular formula is C5H4F2N2. The highest BCUT2D eigenvalue weighted by Crippen LogP contribution is 2.05. The van der Waals surface area contributed by atoms with E-state index in [4.69, 9.17) is 5.73 Å². The van der Waals surface area contributed by atoms with E-state index >= 15 is 0 Å². The van der Waals surface area contributed by atoms with E-state index in [1.807, 2.05) is 0 Å². The molecule has 0 fully saturated rings. The molecule has 0 saturated heterocycles. The number of hydrogen-bond donors (Lipinski definition) is 1. The molecule has 0 saturated carbocycles. The number of nitrogens with two attached hydrogens (primary N) is 1. The average Bonchev–Trinajstić information content (AvgIpc) is 1.80. The molecule has 2 N–H and O–H groups in total. The SMILES string of the molecule is Nc1cnc(F)c(F)c1. The van der Waals surface area contributed by atoms with Gasteiger partial charge < -0.3 is 5.73 Å². The highest BCUT2D eigenvalue weighted by atomic mass is 19.2. The molecule has 0 unspecified atom stereocenters. The van der Waals surface area contributed by atoms with Gasteiger partial charge in [0.2, 0.25) is 5.95 Å². The highest BCUT2D eigenvalue weighted by Gasteiger charge is 1.99. The standard InChI is InChI=1S/C5H4F2N2/c6-4-1-3(8)2-9-5(4)7/h1-2H,8H2. The summed E-state index contributed by atoms with van der Waals surface area (Å²) in [5.74, 6) is -2.14. The fourth-order valence-corrected chi connectivity index (χ4v) is 0.436. The van der Waals surface area contributed by atoms with Gasteiger partial charge in [-0.2, -0.15) is 4.39 Å². The van der Waals surface area contributed by atoms with Crippen molar-refractivity contribution < 1.29 is 8.78 Å². The maximum absolute atomic E-state index is 12.1. The Morgan fingerprint density at radius 3 is 2.56 bits per heavy atom. The van der Waals surface area contributed by atoms with E-state index in [1.54, 1.807) is 0 Å². The zero-order chi connectivity index (χ0) is 6.85. The number of nitrogen functional groups attached to an aromatic ring is 1. The second kappa shape index (κ2) is 1.97. The van der Waals surface area contributed by atoms with Crippen LogP contribution in [0.4, 0.5) is 14.5 Å². The van der Waals surface area contributed by atoms with Gasteiger partial charge in [-0.15, -0.1) is 0 Å². The Kier molecular flexibility index (Phi) is 1.30. The van der Waals surface area contributed by atoms with Crippen molar-refractivity contribution in [1.29, 1.82) is 0 Å². The maximum atomic E-state index is 12.1. The van der Waals surface area contributed by atoms with Gasteiger partial charge in [0.25, 0.3) is 0 Å². The van der Waals surface area contributed by atoms with Crippen molar-refractivity contribution in [2.45, 2.75) is 0 Å². The summed E-state index contributed by atoms with van der Waals surface area (Å²) in [6.45, 7) is 0. The van der Waals surface area contributed by atoms with Crippen LogP contribution in [-0.2, 0) is 0 Å². The molecule has 0 aliphatic rings. The van der Waals surface area contributed by atoms with E-state index < -0.39 is 11.8 Å². The number of rotatable bonds is 0. The molecule has 0 amide bonds. The Labute approximate surface area is 50.3 Å². The first-order valence-corrected chi connectivity index (χ1v) is 2.26. The first-order chi connectivity index (χ1) is 4.20. The number of nitrogens with zero attached hydrogens (tertiary/aromatic N) is 1. The fraction of sp³-hybridized carbons (Fsp3) is 0. The minimum absolute atomic E-state index is 0.119. The molecule has 1 rings (SSSR count). The van der Waals surface area contributed by atoms with E-state index in [2.05, 4.69) is 4.98 Å². The predicted octanol–water partition coefficient (Wildman–Crippen LogP) is 0.942. The molecule has 1 aromatic heterocycles. The van der Waals surface area contributed by atoms with Gasteiger partial charge in [-0.25, -0.2) is 9.37 Å². The van der Waals surface area contributed by atoms with Crippen LogP contribution in [0.3, 0.4) is 0 Å². The quantitative estimate of drug-likeness (QED) is 0.531. The lowest BCUT2D eigenvalue weighted by Gasteiger charge is -1.90. The summed E-state index contributed by atoms with van der Waals surface area (Å²) in [5.41, 5.74) is 5.18. The van der Waals surface area contributed by atoms with E-state index in [0.29, 0.717) is 0 Å². The lowest BCUT2D eigenvalue weighted by Crippen LogP contribution is -1.92. The summed E-state index contributed by atoms with van der Waals surface area (Å²) in [4.78, 5) is 3.01. The molecule has 4 heteroatoms. The molecule has 0 bridgehead atoms. The molecule has 0 aliphatic carbocycles. The normalized spacial score (nSPS) is 9.56. The topological polar surface area (TPSA) is 38.9 Å². The molecule has 0 radical (unpaired) electrons. The molecule has 0 spiro atoms. The summed E-state index contributed by atoms with van der Waals surface area (Å²) < 4.78 is 24.0. The van der Waals surface area contributed by atoms with Gasteiger partial charge in [0.1, 0.15) is 0 Å². The first kappa shape index (κ1) is 5.94. The molecule has 1 heterocycles. The minimum atomic E-state index is -1.12. The van der Waals surface area contributed by atoms with E-state index in [0.717, 1.165) is 12.3 Å². The van der Waals surface area contributed by atoms with E-state index in [-0.39, 0.29) is 5.69 Å². The number of anilines is 1. The highest BCUT2D eigenvalue weighted by molar-refractivity contribution is 5.33. The number of aromatic nitrogens is 1. The Bertz CT molecular complexity index is 224. The molecule has 48 valence electrons. The third kappa shape index (κ3) is 1.13. The number of pyridine rings is 1. The summed E-state index contributed by atoms with van der Waals surface area (Å²) in [6, 6.07) is 0.877. The second-order valence-electron chi connectivity index (χ2n) is 1.54. The Hall–Kier alpha value is -1.19. The van der Waals surface area contributed by atoms with Gasteiger partial charge in [-0.3, -0.25) is 0 Å². The van der Waals surface area contributed by atoms with Gasteiger partial charge in [0, 0.05) is 6.07 Å². The van der Waals surface area contributed by atoms with Crippen molar-refractivity contribution >= 4 is 5.69 Å². The van der Waals surface area contributed by atoms with Gasteiger partial charge in [-0.05, 0) is 0 Å². The van der Waals surface area contributed by atoms with E-state index in [1.165, 1.54) is 0 Å². The van der Waals surface area contributed by atoms with Crippen LogP contribution in [0.5, 0.6) is 0 Å². The third-order valence-electron chi connectivity index (χ3n) is 0.817. The maximum Gasteiger partial charge on any atom is 0.249 e. The molecule has 9 heavy (non-hydrogen) atoms. The van der Waals surface area contributed by atoms with Gasteiger partial charge in [0.05, 0.1) is 11.9 Å². The summed E-state index contributed by atoms with van der Waals surface area (Å²) in [7, 11) is 0. The van der Waals surface area contributed by atoms with Crippen LogP contribution in [-0.4, -0.2) is 4.98 Å². The van der Waals surface area contributed by atoms with Crippen LogP contribution in [0.1, 0.15) is 0 Å². The average molecular weight is 130 g/mol. The molecule has 0 atom stereocenters. The van der Waals surface area contributed by atoms with Crippen molar-refractivity contribution in [3.63, 3.8) is 0 Å². The Balaban J connectivity index is 3.17. The fourth-order valence-electron chi connectivity index (χ4n) is 0.436. The second-order valence-corrected chi connectivity index (χ2v) is 1.54. The predicted molar refractivity (Wildman–Crippen MR) is 28.6 cm³/mol. The summed E-state index contributed by atoms with van der Waals surface area (Å²) >= 11 is 0. The van der Waals surface area contributed by atoms with Crippen molar-refractivity contribution in [3.05, 3.63) is 24.0 Å². The zero-order valence-electron chi connectivity index (χ0n) is 4.44. The molecular weight excluding hydrogens is 126 g/mol. The monoisotopic (exact) mass is 130 g/mol. The van der Waals surface area contributed by atoms with Crippen LogP contribution >= 0.6 is 0 Å². The van der Waals surface area contributed by atoms with Crippen LogP contribution in [0.2, 0.25) is 0 Å². The zero-order valence-corrected chi connectivity index (χ0v) is 4.44. The Morgan fingerprint density at radius 2 is 2.11 bits per heavy atom. The third-order valence-corrected chi connectivity index (χ3v) is 0.817. The lowest BCUT2D eigenvalue weighted by atomic mass is 10.4. The lowest BCUT2D eigenvalue weighted by molar-refractivity contribution is 0.480. The van der Waals surface area contributed by atoms with Gasteiger partial charge in [0.15, 0.2) is 5.82 Å².